The molecule has 288 valence electrons. The van der Waals surface area contributed by atoms with Crippen LogP contribution in [0.5, 0.6) is 0 Å². The van der Waals surface area contributed by atoms with E-state index in [1.807, 2.05) is 0 Å². The predicted molar refractivity (Wildman–Crippen MR) is 198 cm³/mol. The van der Waals surface area contributed by atoms with Gasteiger partial charge in [0, 0.05) is 25.7 Å². The first-order valence-corrected chi connectivity index (χ1v) is 20.5. The van der Waals surface area contributed by atoms with Crippen molar-refractivity contribution < 1.29 is 38.1 Å². The van der Waals surface area contributed by atoms with Crippen LogP contribution in [0.4, 0.5) is 0 Å². The summed E-state index contributed by atoms with van der Waals surface area (Å²) in [6, 6.07) is 0. The molecule has 0 saturated carbocycles. The van der Waals surface area contributed by atoms with Crippen LogP contribution in [-0.2, 0) is 38.1 Å². The van der Waals surface area contributed by atoms with Gasteiger partial charge < -0.3 is 18.9 Å². The molecule has 0 aromatic carbocycles. The van der Waals surface area contributed by atoms with E-state index >= 15 is 0 Å². The van der Waals surface area contributed by atoms with E-state index in [0.717, 1.165) is 38.5 Å². The summed E-state index contributed by atoms with van der Waals surface area (Å²) in [5, 5.41) is 0. The molecule has 0 saturated heterocycles. The van der Waals surface area contributed by atoms with Gasteiger partial charge in [0.1, 0.15) is 13.2 Å². The molecule has 0 aromatic rings. The van der Waals surface area contributed by atoms with Crippen LogP contribution in [0.15, 0.2) is 0 Å². The average Bonchev–Trinajstić information content (AvgIpc) is 3.09. The van der Waals surface area contributed by atoms with E-state index in [9.17, 15) is 19.2 Å². The number of hydrogen-bond donors (Lipinski definition) is 0. The summed E-state index contributed by atoms with van der Waals surface area (Å²) in [5.74, 6) is -1.61. The molecule has 0 fully saturated rings. The Morgan fingerprint density at radius 2 is 0.653 bits per heavy atom. The molecular formula is C41H76O8. The maximum Gasteiger partial charge on any atom is 0.306 e. The molecule has 0 bridgehead atoms. The fourth-order valence-electron chi connectivity index (χ4n) is 5.93. The molecule has 49 heavy (non-hydrogen) atoms. The van der Waals surface area contributed by atoms with Crippen molar-refractivity contribution in [3.05, 3.63) is 0 Å². The monoisotopic (exact) mass is 697 g/mol. The number of rotatable bonds is 37. The molecule has 0 radical (unpaired) electrons. The summed E-state index contributed by atoms with van der Waals surface area (Å²) >= 11 is 0. The molecular weight excluding hydrogens is 620 g/mol. The summed E-state index contributed by atoms with van der Waals surface area (Å²) in [6.45, 7) is 4.18. The second-order valence-corrected chi connectivity index (χ2v) is 13.9. The highest BCUT2D eigenvalue weighted by Crippen LogP contribution is 2.15. The van der Waals surface area contributed by atoms with Gasteiger partial charge in [0.25, 0.3) is 0 Å². The SMILES string of the molecule is CCCCCCCCCCCCCCCC(=O)OCC(COC(=O)CCCCCCCCCCCCCCC)OC(=O)CCCC(=O)OC. The van der Waals surface area contributed by atoms with Crippen molar-refractivity contribution in [2.24, 2.45) is 0 Å². The van der Waals surface area contributed by atoms with Gasteiger partial charge in [0.05, 0.1) is 7.11 Å². The highest BCUT2D eigenvalue weighted by molar-refractivity contribution is 5.73. The van der Waals surface area contributed by atoms with Crippen molar-refractivity contribution in [3.63, 3.8) is 0 Å². The predicted octanol–water partition coefficient (Wildman–Crippen LogP) is 11.3. The van der Waals surface area contributed by atoms with Gasteiger partial charge in [-0.25, -0.2) is 0 Å². The van der Waals surface area contributed by atoms with Crippen molar-refractivity contribution in [1.29, 1.82) is 0 Å². The van der Waals surface area contributed by atoms with Gasteiger partial charge in [-0.2, -0.15) is 0 Å². The van der Waals surface area contributed by atoms with Crippen LogP contribution in [0.25, 0.3) is 0 Å². The first-order valence-electron chi connectivity index (χ1n) is 20.5. The number of esters is 4. The Morgan fingerprint density at radius 3 is 0.980 bits per heavy atom. The van der Waals surface area contributed by atoms with Gasteiger partial charge in [0.15, 0.2) is 6.10 Å². The lowest BCUT2D eigenvalue weighted by Gasteiger charge is -2.18. The van der Waals surface area contributed by atoms with Crippen LogP contribution >= 0.6 is 0 Å². The highest BCUT2D eigenvalue weighted by atomic mass is 16.6. The third kappa shape index (κ3) is 35.5. The Morgan fingerprint density at radius 1 is 0.367 bits per heavy atom. The lowest BCUT2D eigenvalue weighted by molar-refractivity contribution is -0.167. The molecule has 0 aliphatic rings. The van der Waals surface area contributed by atoms with Crippen LogP contribution in [0.3, 0.4) is 0 Å². The Kier molecular flexibility index (Phi) is 35.5. The van der Waals surface area contributed by atoms with Crippen LogP contribution in [0.1, 0.15) is 213 Å². The topological polar surface area (TPSA) is 105 Å². The summed E-state index contributed by atoms with van der Waals surface area (Å²) in [4.78, 5) is 48.5. The minimum Gasteiger partial charge on any atom is -0.469 e. The van der Waals surface area contributed by atoms with E-state index in [-0.39, 0.29) is 44.4 Å². The molecule has 0 unspecified atom stereocenters. The Labute approximate surface area is 300 Å². The van der Waals surface area contributed by atoms with E-state index in [4.69, 9.17) is 14.2 Å². The summed E-state index contributed by atoms with van der Waals surface area (Å²) in [6.07, 6.45) is 32.3. The van der Waals surface area contributed by atoms with E-state index in [0.29, 0.717) is 12.8 Å². The summed E-state index contributed by atoms with van der Waals surface area (Å²) < 4.78 is 20.9. The molecule has 0 N–H and O–H groups in total. The number of unbranched alkanes of at least 4 members (excludes halogenated alkanes) is 24. The highest BCUT2D eigenvalue weighted by Gasteiger charge is 2.20. The van der Waals surface area contributed by atoms with E-state index < -0.39 is 18.0 Å². The molecule has 0 heterocycles. The molecule has 0 amide bonds. The molecule has 8 nitrogen and oxygen atoms in total. The van der Waals surface area contributed by atoms with Gasteiger partial charge in [0.2, 0.25) is 0 Å². The number of hydrogen-bond acceptors (Lipinski definition) is 8. The molecule has 0 aliphatic carbocycles. The van der Waals surface area contributed by atoms with Crippen LogP contribution in [0, 0.1) is 0 Å². The maximum atomic E-state index is 12.4. The molecule has 0 aliphatic heterocycles. The zero-order chi connectivity index (χ0) is 36.0. The van der Waals surface area contributed by atoms with Crippen molar-refractivity contribution >= 4 is 23.9 Å². The molecule has 0 atom stereocenters. The summed E-state index contributed by atoms with van der Waals surface area (Å²) in [7, 11) is 1.30. The van der Waals surface area contributed by atoms with Crippen molar-refractivity contribution in [2.45, 2.75) is 219 Å². The average molecular weight is 697 g/mol. The van der Waals surface area contributed by atoms with Gasteiger partial charge in [-0.3, -0.25) is 19.2 Å². The number of carbonyl (C=O) groups excluding carboxylic acids is 4. The van der Waals surface area contributed by atoms with Crippen LogP contribution < -0.4 is 0 Å². The first-order chi connectivity index (χ1) is 23.9. The number of ether oxygens (including phenoxy) is 4. The van der Waals surface area contributed by atoms with Crippen molar-refractivity contribution in [3.8, 4) is 0 Å². The fourth-order valence-corrected chi connectivity index (χ4v) is 5.93. The maximum absolute atomic E-state index is 12.4. The zero-order valence-electron chi connectivity index (χ0n) is 32.2. The van der Waals surface area contributed by atoms with E-state index in [1.54, 1.807) is 0 Å². The van der Waals surface area contributed by atoms with E-state index in [2.05, 4.69) is 18.6 Å². The zero-order valence-corrected chi connectivity index (χ0v) is 32.2. The van der Waals surface area contributed by atoms with Gasteiger partial charge in [-0.05, 0) is 19.3 Å². The Hall–Kier alpha value is -2.12. The molecule has 8 heteroatoms. The van der Waals surface area contributed by atoms with Gasteiger partial charge in [-0.15, -0.1) is 0 Å². The largest absolute Gasteiger partial charge is 0.469 e. The quantitative estimate of drug-likeness (QED) is 0.0359. The second kappa shape index (κ2) is 37.1. The third-order valence-electron chi connectivity index (χ3n) is 9.12. The van der Waals surface area contributed by atoms with Crippen molar-refractivity contribution in [1.82, 2.24) is 0 Å². The Balaban J connectivity index is 4.19. The van der Waals surface area contributed by atoms with Gasteiger partial charge in [-0.1, -0.05) is 168 Å². The van der Waals surface area contributed by atoms with E-state index in [1.165, 1.54) is 136 Å². The third-order valence-corrected chi connectivity index (χ3v) is 9.12. The summed E-state index contributed by atoms with van der Waals surface area (Å²) in [5.41, 5.74) is 0. The number of methoxy groups -OCH3 is 1. The lowest BCUT2D eigenvalue weighted by Crippen LogP contribution is -2.31. The molecule has 0 aromatic heterocycles. The van der Waals surface area contributed by atoms with Crippen LogP contribution in [0.2, 0.25) is 0 Å². The smallest absolute Gasteiger partial charge is 0.306 e. The standard InChI is InChI=1S/C41H76O8/c1-4-6-8-10-12-14-16-18-20-22-24-26-28-31-39(43)47-35-37(49-41(45)34-30-33-38(42)46-3)36-48-40(44)32-29-27-25-23-21-19-17-15-13-11-9-7-5-2/h37H,4-36H2,1-3H3. The minimum absolute atomic E-state index is 0.0193. The lowest BCUT2D eigenvalue weighted by atomic mass is 10.0. The fraction of sp³-hybridized carbons (Fsp3) is 0.902. The van der Waals surface area contributed by atoms with Crippen LogP contribution in [-0.4, -0.2) is 50.3 Å². The first kappa shape index (κ1) is 46.9. The van der Waals surface area contributed by atoms with Crippen molar-refractivity contribution in [2.75, 3.05) is 20.3 Å². The van der Waals surface area contributed by atoms with Gasteiger partial charge >= 0.3 is 23.9 Å². The minimum atomic E-state index is -0.878. The second-order valence-electron chi connectivity index (χ2n) is 13.9. The number of carbonyl (C=O) groups is 4. The Bertz CT molecular complexity index is 737. The molecule has 0 spiro atoms. The normalized spacial score (nSPS) is 11.1. The molecule has 0 rings (SSSR count).